The van der Waals surface area contributed by atoms with Crippen LogP contribution in [0.15, 0.2) is 16.3 Å². The van der Waals surface area contributed by atoms with E-state index in [4.69, 9.17) is 20.0 Å². The summed E-state index contributed by atoms with van der Waals surface area (Å²) in [7, 11) is 0. The molecule has 2 rings (SSSR count). The predicted octanol–water partition coefficient (Wildman–Crippen LogP) is 0.407. The molecule has 0 aliphatic carbocycles. The zero-order chi connectivity index (χ0) is 27.5. The van der Waals surface area contributed by atoms with Crippen molar-refractivity contribution in [1.82, 2.24) is 21.3 Å². The largest absolute Gasteiger partial charge is 0.457 e. The second-order valence-electron chi connectivity index (χ2n) is 10.7. The maximum Gasteiger partial charge on any atom is 0.409 e. The van der Waals surface area contributed by atoms with Gasteiger partial charge >= 0.3 is 12.1 Å². The third kappa shape index (κ3) is 8.29. The molecule has 0 aromatic carbocycles. The molecule has 6 N–H and O–H groups in total. The van der Waals surface area contributed by atoms with E-state index in [1.807, 2.05) is 0 Å². The number of amides is 3. The molecule has 0 radical (unpaired) electrons. The Morgan fingerprint density at radius 1 is 1.03 bits per heavy atom. The molecule has 3 amide bonds. The molecule has 3 atom stereocenters. The van der Waals surface area contributed by atoms with Gasteiger partial charge < -0.3 is 36.0 Å². The molecule has 13 nitrogen and oxygen atoms in total. The number of ether oxygens (including phenoxy) is 2. The Morgan fingerprint density at radius 3 is 2.17 bits per heavy atom. The van der Waals surface area contributed by atoms with Crippen molar-refractivity contribution in [3.8, 4) is 0 Å². The number of nitrogens with zero attached hydrogens (tertiary/aromatic N) is 1. The monoisotopic (exact) mass is 528 g/mol. The fourth-order valence-electron chi connectivity index (χ4n) is 2.78. The van der Waals surface area contributed by atoms with Gasteiger partial charge in [0.2, 0.25) is 11.5 Å². The van der Waals surface area contributed by atoms with Gasteiger partial charge in [0.15, 0.2) is 11.2 Å². The fourth-order valence-corrected chi connectivity index (χ4v) is 3.59. The van der Waals surface area contributed by atoms with Gasteiger partial charge in [-0.3, -0.25) is 14.9 Å². The third-order valence-corrected chi connectivity index (χ3v) is 5.41. The van der Waals surface area contributed by atoms with Crippen LogP contribution in [0.4, 0.5) is 4.79 Å². The van der Waals surface area contributed by atoms with Gasteiger partial charge in [0, 0.05) is 12.0 Å². The van der Waals surface area contributed by atoms with E-state index in [0.29, 0.717) is 0 Å². The fraction of sp³-hybridized carbons (Fsp3) is 0.682. The minimum absolute atomic E-state index is 0.129. The molecule has 3 unspecified atom stereocenters. The summed E-state index contributed by atoms with van der Waals surface area (Å²) >= 11 is 1.15. The first-order valence-electron chi connectivity index (χ1n) is 11.3. The molecular formula is C22H36N6O7S. The average molecular weight is 529 g/mol. The van der Waals surface area contributed by atoms with Crippen LogP contribution in [-0.2, 0) is 28.7 Å². The normalized spacial score (nSPS) is 22.4. The van der Waals surface area contributed by atoms with E-state index >= 15 is 0 Å². The molecule has 0 aromatic rings. The number of hydrogen-bond acceptors (Lipinski definition) is 11. The predicted molar refractivity (Wildman–Crippen MR) is 133 cm³/mol. The Balaban J connectivity index is 2.20. The maximum atomic E-state index is 13.1. The number of nitrogens with two attached hydrogens (primary N) is 1. The maximum absolute atomic E-state index is 13.1. The van der Waals surface area contributed by atoms with E-state index in [2.05, 4.69) is 26.4 Å². The molecule has 36 heavy (non-hydrogen) atoms. The smallest absolute Gasteiger partial charge is 0.409 e. The van der Waals surface area contributed by atoms with Crippen LogP contribution >= 0.6 is 11.8 Å². The van der Waals surface area contributed by atoms with E-state index in [1.165, 1.54) is 13.8 Å². The van der Waals surface area contributed by atoms with E-state index < -0.39 is 52.4 Å². The highest BCUT2D eigenvalue weighted by molar-refractivity contribution is 8.03. The number of carbonyl (C=O) groups excluding carboxylic acids is 4. The van der Waals surface area contributed by atoms with Gasteiger partial charge in [-0.15, -0.1) is 0 Å². The van der Waals surface area contributed by atoms with Crippen LogP contribution in [0, 0.1) is 0 Å². The molecule has 2 aliphatic rings. The average Bonchev–Trinajstić information content (AvgIpc) is 3.15. The summed E-state index contributed by atoms with van der Waals surface area (Å²) in [4.78, 5) is 55.1. The lowest BCUT2D eigenvalue weighted by atomic mass is 9.99. The minimum Gasteiger partial charge on any atom is -0.457 e. The van der Waals surface area contributed by atoms with Gasteiger partial charge in [-0.1, -0.05) is 16.9 Å². The molecular weight excluding hydrogens is 492 g/mol. The highest BCUT2D eigenvalue weighted by Gasteiger charge is 2.41. The standard InChI is InChI=1S/C22H36N6O7S/c1-20(2,3)33-17(31)22(7,8)35-28-14(16(30)26-13-11(9-23)24-15(13)29)12-10-36-18(25-12)27-19(32)34-21(4,5)6/h10-11,13,18,25H,9,23H2,1-8H3,(H,24,29)(H,26,30)(H,27,32)/b28-14-. The highest BCUT2D eigenvalue weighted by Crippen LogP contribution is 2.23. The lowest BCUT2D eigenvalue weighted by Crippen LogP contribution is -2.71. The van der Waals surface area contributed by atoms with Gasteiger partial charge in [-0.05, 0) is 55.4 Å². The Bertz CT molecular complexity index is 952. The number of rotatable bonds is 8. The topological polar surface area (TPSA) is 182 Å². The number of β-lactam (4-membered cyclic amide) rings is 1. The highest BCUT2D eigenvalue weighted by atomic mass is 32.2. The third-order valence-electron chi connectivity index (χ3n) is 4.54. The number of esters is 1. The molecule has 1 saturated heterocycles. The number of alkyl carbamates (subject to hydrolysis) is 1. The van der Waals surface area contributed by atoms with Gasteiger partial charge in [-0.2, -0.15) is 0 Å². The molecule has 0 saturated carbocycles. The lowest BCUT2D eigenvalue weighted by molar-refractivity contribution is -0.179. The summed E-state index contributed by atoms with van der Waals surface area (Å²) < 4.78 is 10.6. The Morgan fingerprint density at radius 2 is 1.64 bits per heavy atom. The van der Waals surface area contributed by atoms with Crippen LogP contribution in [0.5, 0.6) is 0 Å². The Hall–Kier alpha value is -3.00. The zero-order valence-corrected chi connectivity index (χ0v) is 22.6. The summed E-state index contributed by atoms with van der Waals surface area (Å²) in [6, 6.07) is -1.28. The molecule has 0 spiro atoms. The van der Waals surface area contributed by atoms with Crippen molar-refractivity contribution in [2.75, 3.05) is 6.54 Å². The zero-order valence-electron chi connectivity index (χ0n) is 21.8. The Labute approximate surface area is 214 Å². The summed E-state index contributed by atoms with van der Waals surface area (Å²) in [5.41, 5.74) is 1.91. The molecule has 2 aliphatic heterocycles. The number of carbonyl (C=O) groups is 4. The van der Waals surface area contributed by atoms with Crippen LogP contribution in [-0.4, -0.2) is 70.5 Å². The van der Waals surface area contributed by atoms with Crippen LogP contribution < -0.4 is 27.0 Å². The molecule has 202 valence electrons. The van der Waals surface area contributed by atoms with E-state index in [0.717, 1.165) is 11.8 Å². The lowest BCUT2D eigenvalue weighted by Gasteiger charge is -2.36. The van der Waals surface area contributed by atoms with Crippen LogP contribution in [0.25, 0.3) is 0 Å². The number of thioether (sulfide) groups is 1. The van der Waals surface area contributed by atoms with Gasteiger partial charge in [0.05, 0.1) is 11.7 Å². The van der Waals surface area contributed by atoms with Crippen molar-refractivity contribution in [3.05, 3.63) is 11.1 Å². The van der Waals surface area contributed by atoms with Crippen molar-refractivity contribution < 1.29 is 33.5 Å². The summed E-state index contributed by atoms with van der Waals surface area (Å²) in [5.74, 6) is -1.82. The van der Waals surface area contributed by atoms with Gasteiger partial charge in [0.1, 0.15) is 17.2 Å². The van der Waals surface area contributed by atoms with Crippen molar-refractivity contribution >= 4 is 41.4 Å². The molecule has 14 heteroatoms. The second-order valence-corrected chi connectivity index (χ2v) is 11.7. The molecule has 0 bridgehead atoms. The van der Waals surface area contributed by atoms with Crippen molar-refractivity contribution in [2.24, 2.45) is 10.9 Å². The first kappa shape index (κ1) is 29.2. The first-order valence-corrected chi connectivity index (χ1v) is 12.3. The molecule has 0 aromatic heterocycles. The van der Waals surface area contributed by atoms with Crippen molar-refractivity contribution in [2.45, 2.75) is 89.8 Å². The van der Waals surface area contributed by atoms with E-state index in [9.17, 15) is 19.2 Å². The summed E-state index contributed by atoms with van der Waals surface area (Å²) in [6.07, 6.45) is -0.663. The number of hydrogen-bond donors (Lipinski definition) is 5. The van der Waals surface area contributed by atoms with Crippen molar-refractivity contribution in [1.29, 1.82) is 0 Å². The Kier molecular flexibility index (Phi) is 8.89. The van der Waals surface area contributed by atoms with Gasteiger partial charge in [-0.25, -0.2) is 9.59 Å². The van der Waals surface area contributed by atoms with Crippen LogP contribution in [0.1, 0.15) is 55.4 Å². The molecule has 2 heterocycles. The summed E-state index contributed by atoms with van der Waals surface area (Å²) in [6.45, 7) is 13.4. The second kappa shape index (κ2) is 10.9. The first-order chi connectivity index (χ1) is 16.4. The van der Waals surface area contributed by atoms with Crippen molar-refractivity contribution in [3.63, 3.8) is 0 Å². The van der Waals surface area contributed by atoms with Crippen LogP contribution in [0.3, 0.4) is 0 Å². The van der Waals surface area contributed by atoms with E-state index in [1.54, 1.807) is 47.0 Å². The van der Waals surface area contributed by atoms with Gasteiger partial charge in [0.25, 0.3) is 5.91 Å². The quantitative estimate of drug-likeness (QED) is 0.128. The van der Waals surface area contributed by atoms with E-state index in [-0.39, 0.29) is 23.9 Å². The number of oxime groups is 1. The SMILES string of the molecule is CC(C)(C)OC(=O)NC1NC(/C(=N/OC(C)(C)C(=O)OC(C)(C)C)C(=O)NC2C(=O)NC2CN)=CS1. The van der Waals surface area contributed by atoms with Crippen LogP contribution in [0.2, 0.25) is 0 Å². The minimum atomic E-state index is -1.53. The number of nitrogens with one attached hydrogen (secondary N) is 4. The summed E-state index contributed by atoms with van der Waals surface area (Å²) in [5, 5.41) is 16.2. The molecule has 1 fully saturated rings.